The Morgan fingerprint density at radius 3 is 2.56 bits per heavy atom. The predicted octanol–water partition coefficient (Wildman–Crippen LogP) is 2.94. The first-order valence-electron chi connectivity index (χ1n) is 7.52. The van der Waals surface area contributed by atoms with Gasteiger partial charge in [-0.3, -0.25) is 0 Å². The molecule has 0 spiro atoms. The van der Waals surface area contributed by atoms with E-state index in [1.54, 1.807) is 12.1 Å². The lowest BCUT2D eigenvalue weighted by Crippen LogP contribution is -2.07. The topological polar surface area (TPSA) is 130 Å². The van der Waals surface area contributed by atoms with Crippen LogP contribution in [0.2, 0.25) is 0 Å². The van der Waals surface area contributed by atoms with Gasteiger partial charge in [-0.05, 0) is 49.6 Å². The van der Waals surface area contributed by atoms with Crippen molar-refractivity contribution in [2.24, 2.45) is 0 Å². The molecule has 0 atom stereocenters. The van der Waals surface area contributed by atoms with Gasteiger partial charge < -0.3 is 20.3 Å². The maximum absolute atomic E-state index is 9.63. The number of benzene rings is 1. The van der Waals surface area contributed by atoms with E-state index < -0.39 is 0 Å². The molecular formula is C17H15Br2N5O3. The predicted molar refractivity (Wildman–Crippen MR) is 107 cm³/mol. The highest BCUT2D eigenvalue weighted by Gasteiger charge is 2.21. The molecule has 27 heavy (non-hydrogen) atoms. The summed E-state index contributed by atoms with van der Waals surface area (Å²) in [5, 5.41) is 32.3. The number of ether oxygens (including phenoxy) is 2. The minimum Gasteiger partial charge on any atom is -0.493 e. The van der Waals surface area contributed by atoms with Gasteiger partial charge in [0.05, 0.1) is 37.4 Å². The van der Waals surface area contributed by atoms with Crippen molar-refractivity contribution in [3.8, 4) is 23.6 Å². The van der Waals surface area contributed by atoms with Gasteiger partial charge in [-0.2, -0.15) is 15.6 Å². The molecule has 0 unspecified atom stereocenters. The summed E-state index contributed by atoms with van der Waals surface area (Å²) >= 11 is 6.89. The van der Waals surface area contributed by atoms with Crippen LogP contribution in [0.5, 0.6) is 11.5 Å². The fourth-order valence-corrected chi connectivity index (χ4v) is 3.39. The summed E-state index contributed by atoms with van der Waals surface area (Å²) in [5.74, 6) is 1.05. The van der Waals surface area contributed by atoms with Crippen molar-refractivity contribution in [3.05, 3.63) is 31.8 Å². The average Bonchev–Trinajstić information content (AvgIpc) is 2.98. The second-order valence-electron chi connectivity index (χ2n) is 5.17. The number of nitrogen functional groups attached to an aromatic ring is 1. The summed E-state index contributed by atoms with van der Waals surface area (Å²) in [6.07, 6.45) is 1.56. The first-order valence-corrected chi connectivity index (χ1v) is 9.11. The molecule has 0 amide bonds. The van der Waals surface area contributed by atoms with Crippen LogP contribution in [0.25, 0.3) is 11.6 Å². The van der Waals surface area contributed by atoms with Crippen LogP contribution in [0.15, 0.2) is 15.0 Å². The largest absolute Gasteiger partial charge is 0.493 e. The van der Waals surface area contributed by atoms with Gasteiger partial charge in [-0.25, -0.2) is 4.68 Å². The van der Waals surface area contributed by atoms with Crippen LogP contribution in [0.3, 0.4) is 0 Å². The number of hydrogen-bond donors (Lipinski definition) is 2. The minimum atomic E-state index is -0.198. The number of nitriles is 2. The molecule has 0 aliphatic rings. The molecule has 0 aliphatic carbocycles. The summed E-state index contributed by atoms with van der Waals surface area (Å²) < 4.78 is 13.2. The van der Waals surface area contributed by atoms with Crippen LogP contribution >= 0.6 is 31.9 Å². The van der Waals surface area contributed by atoms with Crippen molar-refractivity contribution >= 4 is 49.3 Å². The molecule has 2 rings (SSSR count). The molecule has 0 fully saturated rings. The standard InChI is InChI=1S/C17H15Br2N5O3/c1-26-12-6-9(13(18)14(19)16(12)27-2)5-10(7-20)15-11(8-21)17(22)24(23-15)3-4-25/h5-6,25H,3-4,22H2,1-2H3/b10-5+. The normalized spacial score (nSPS) is 11.0. The van der Waals surface area contributed by atoms with Gasteiger partial charge >= 0.3 is 0 Å². The molecule has 0 radical (unpaired) electrons. The Balaban J connectivity index is 2.69. The second-order valence-corrected chi connectivity index (χ2v) is 6.75. The quantitative estimate of drug-likeness (QED) is 0.588. The molecule has 10 heteroatoms. The lowest BCUT2D eigenvalue weighted by atomic mass is 10.1. The maximum Gasteiger partial charge on any atom is 0.176 e. The number of nitrogens with zero attached hydrogens (tertiary/aromatic N) is 4. The van der Waals surface area contributed by atoms with E-state index in [0.717, 1.165) is 0 Å². The number of aliphatic hydroxyl groups is 1. The zero-order valence-electron chi connectivity index (χ0n) is 14.5. The highest BCUT2D eigenvalue weighted by Crippen LogP contribution is 2.43. The Bertz CT molecular complexity index is 986. The van der Waals surface area contributed by atoms with Crippen molar-refractivity contribution in [1.82, 2.24) is 9.78 Å². The van der Waals surface area contributed by atoms with Gasteiger partial charge in [0.25, 0.3) is 0 Å². The Kier molecular flexibility index (Phi) is 6.86. The van der Waals surface area contributed by atoms with E-state index in [-0.39, 0.29) is 35.8 Å². The highest BCUT2D eigenvalue weighted by atomic mass is 79.9. The number of halogens is 2. The van der Waals surface area contributed by atoms with E-state index in [1.807, 2.05) is 12.1 Å². The third kappa shape index (κ3) is 3.93. The summed E-state index contributed by atoms with van der Waals surface area (Å²) in [6.45, 7) is -0.0826. The van der Waals surface area contributed by atoms with E-state index >= 15 is 0 Å². The van der Waals surface area contributed by atoms with Crippen LogP contribution in [-0.2, 0) is 6.54 Å². The fourth-order valence-electron chi connectivity index (χ4n) is 2.40. The molecule has 0 saturated carbocycles. The summed E-state index contributed by atoms with van der Waals surface area (Å²) in [6, 6.07) is 5.69. The number of nitrogens with two attached hydrogens (primary N) is 1. The third-order valence-electron chi connectivity index (χ3n) is 3.67. The van der Waals surface area contributed by atoms with E-state index in [2.05, 4.69) is 37.0 Å². The zero-order valence-corrected chi connectivity index (χ0v) is 17.6. The van der Waals surface area contributed by atoms with E-state index in [9.17, 15) is 10.5 Å². The molecule has 8 nitrogen and oxygen atoms in total. The SMILES string of the molecule is COc1cc(/C=C(\C#N)c2nn(CCO)c(N)c2C#N)c(Br)c(Br)c1OC. The lowest BCUT2D eigenvalue weighted by molar-refractivity contribution is 0.270. The van der Waals surface area contributed by atoms with E-state index in [4.69, 9.17) is 20.3 Å². The molecule has 140 valence electrons. The van der Waals surface area contributed by atoms with E-state index in [1.165, 1.54) is 18.9 Å². The summed E-state index contributed by atoms with van der Waals surface area (Å²) in [5.41, 5.74) is 6.86. The van der Waals surface area contributed by atoms with Gasteiger partial charge in [-0.1, -0.05) is 0 Å². The van der Waals surface area contributed by atoms with Crippen LogP contribution in [0, 0.1) is 22.7 Å². The molecule has 1 aromatic carbocycles. The van der Waals surface area contributed by atoms with Crippen molar-refractivity contribution in [2.45, 2.75) is 6.54 Å². The number of methoxy groups -OCH3 is 2. The number of rotatable bonds is 6. The number of aromatic nitrogens is 2. The van der Waals surface area contributed by atoms with E-state index in [0.29, 0.717) is 26.0 Å². The maximum atomic E-state index is 9.63. The van der Waals surface area contributed by atoms with Gasteiger partial charge in [-0.15, -0.1) is 0 Å². The molecule has 1 aromatic heterocycles. The lowest BCUT2D eigenvalue weighted by Gasteiger charge is -2.13. The average molecular weight is 497 g/mol. The van der Waals surface area contributed by atoms with Gasteiger partial charge in [0.15, 0.2) is 11.5 Å². The molecule has 0 bridgehead atoms. The van der Waals surface area contributed by atoms with Crippen LogP contribution in [0.1, 0.15) is 16.8 Å². The minimum absolute atomic E-state index is 0.0758. The molecule has 0 saturated heterocycles. The van der Waals surface area contributed by atoms with Gasteiger partial charge in [0.2, 0.25) is 0 Å². The van der Waals surface area contributed by atoms with Crippen LogP contribution in [-0.4, -0.2) is 35.7 Å². The summed E-state index contributed by atoms with van der Waals surface area (Å²) in [7, 11) is 3.02. The monoisotopic (exact) mass is 495 g/mol. The molecular weight excluding hydrogens is 482 g/mol. The smallest absolute Gasteiger partial charge is 0.176 e. The Morgan fingerprint density at radius 1 is 1.33 bits per heavy atom. The van der Waals surface area contributed by atoms with Gasteiger partial charge in [0.1, 0.15) is 29.2 Å². The molecule has 0 aliphatic heterocycles. The van der Waals surface area contributed by atoms with Crippen molar-refractivity contribution in [2.75, 3.05) is 26.6 Å². The Labute approximate surface area is 172 Å². The number of allylic oxidation sites excluding steroid dienone is 1. The molecule has 2 aromatic rings. The van der Waals surface area contributed by atoms with Crippen molar-refractivity contribution < 1.29 is 14.6 Å². The first-order chi connectivity index (χ1) is 12.9. The van der Waals surface area contributed by atoms with Crippen molar-refractivity contribution in [1.29, 1.82) is 10.5 Å². The van der Waals surface area contributed by atoms with Crippen LogP contribution < -0.4 is 15.2 Å². The molecule has 1 heterocycles. The van der Waals surface area contributed by atoms with Crippen LogP contribution in [0.4, 0.5) is 5.82 Å². The van der Waals surface area contributed by atoms with Crippen molar-refractivity contribution in [3.63, 3.8) is 0 Å². The first kappa shape index (κ1) is 20.8. The number of anilines is 1. The highest BCUT2D eigenvalue weighted by molar-refractivity contribution is 9.13. The number of aliphatic hydroxyl groups excluding tert-OH is 1. The second kappa shape index (κ2) is 8.91. The third-order valence-corrected chi connectivity index (χ3v) is 5.81. The number of hydrogen-bond acceptors (Lipinski definition) is 7. The molecule has 3 N–H and O–H groups in total. The van der Waals surface area contributed by atoms with Gasteiger partial charge in [0, 0.05) is 4.47 Å². The summed E-state index contributed by atoms with van der Waals surface area (Å²) in [4.78, 5) is 0. The Morgan fingerprint density at radius 2 is 2.04 bits per heavy atom. The zero-order chi connectivity index (χ0) is 20.1. The fraction of sp³-hybridized carbons (Fsp3) is 0.235. The Hall–Kier alpha value is -2.53.